The Labute approximate surface area is 91.2 Å². The predicted octanol–water partition coefficient (Wildman–Crippen LogP) is 1.18. The molecule has 0 aromatic heterocycles. The summed E-state index contributed by atoms with van der Waals surface area (Å²) in [7, 11) is 0. The average Bonchev–Trinajstić information content (AvgIpc) is 2.14. The third kappa shape index (κ3) is 4.07. The summed E-state index contributed by atoms with van der Waals surface area (Å²) in [6.45, 7) is 0.562. The van der Waals surface area contributed by atoms with Crippen LogP contribution in [0.1, 0.15) is 0 Å². The smallest absolute Gasteiger partial charge is 0.167 e. The highest BCUT2D eigenvalue weighted by atomic mass is 32.1. The van der Waals surface area contributed by atoms with E-state index in [4.69, 9.17) is 10.5 Å². The van der Waals surface area contributed by atoms with E-state index in [2.05, 4.69) is 17.5 Å². The lowest BCUT2D eigenvalue weighted by molar-refractivity contribution is 0.305. The molecule has 0 aliphatic heterocycles. The Hall–Kier alpha value is -1.43. The summed E-state index contributed by atoms with van der Waals surface area (Å²) in [6, 6.07) is 3.11. The predicted molar refractivity (Wildman–Crippen MR) is 56.6 cm³/mol. The van der Waals surface area contributed by atoms with Gasteiger partial charge in [-0.1, -0.05) is 0 Å². The van der Waals surface area contributed by atoms with E-state index >= 15 is 0 Å². The summed E-state index contributed by atoms with van der Waals surface area (Å²) >= 11 is 4.56. The number of rotatable bonds is 4. The molecular formula is C9H10F2N2OS. The van der Waals surface area contributed by atoms with Crippen molar-refractivity contribution in [3.05, 3.63) is 29.8 Å². The molecule has 0 unspecified atom stereocenters. The molecule has 0 heterocycles. The minimum Gasteiger partial charge on any atom is -0.489 e. The van der Waals surface area contributed by atoms with Gasteiger partial charge in [0, 0.05) is 6.07 Å². The van der Waals surface area contributed by atoms with Crippen LogP contribution < -0.4 is 15.8 Å². The molecule has 15 heavy (non-hydrogen) atoms. The molecular weight excluding hydrogens is 222 g/mol. The van der Waals surface area contributed by atoms with Crippen molar-refractivity contribution in [3.8, 4) is 5.75 Å². The largest absolute Gasteiger partial charge is 0.489 e. The van der Waals surface area contributed by atoms with Gasteiger partial charge in [-0.2, -0.15) is 0 Å². The maximum Gasteiger partial charge on any atom is 0.167 e. The quantitative estimate of drug-likeness (QED) is 0.604. The molecule has 0 aliphatic carbocycles. The molecule has 0 fully saturated rings. The number of thiocarbonyl (C=S) groups is 1. The molecule has 0 atom stereocenters. The Morgan fingerprint density at radius 1 is 1.47 bits per heavy atom. The second-order valence-electron chi connectivity index (χ2n) is 2.71. The van der Waals surface area contributed by atoms with Crippen LogP contribution in [-0.4, -0.2) is 18.3 Å². The van der Waals surface area contributed by atoms with Gasteiger partial charge in [0.15, 0.2) is 16.7 Å². The standard InChI is InChI=1S/C9H10F2N2OS/c10-6-1-2-8(7(11)5-6)14-4-3-13-9(12)15/h1-2,5H,3-4H2,(H3,12,13,15). The van der Waals surface area contributed by atoms with Crippen LogP contribution in [0.25, 0.3) is 0 Å². The van der Waals surface area contributed by atoms with E-state index < -0.39 is 11.6 Å². The monoisotopic (exact) mass is 232 g/mol. The van der Waals surface area contributed by atoms with Crippen LogP contribution in [0.3, 0.4) is 0 Å². The highest BCUT2D eigenvalue weighted by molar-refractivity contribution is 7.80. The van der Waals surface area contributed by atoms with Gasteiger partial charge in [-0.3, -0.25) is 0 Å². The maximum atomic E-state index is 13.0. The molecule has 0 aliphatic rings. The zero-order valence-electron chi connectivity index (χ0n) is 7.80. The first-order valence-corrected chi connectivity index (χ1v) is 4.61. The van der Waals surface area contributed by atoms with E-state index in [-0.39, 0.29) is 17.5 Å². The van der Waals surface area contributed by atoms with Gasteiger partial charge in [0.2, 0.25) is 0 Å². The first kappa shape index (κ1) is 11.6. The van der Waals surface area contributed by atoms with Crippen molar-refractivity contribution in [2.75, 3.05) is 13.2 Å². The highest BCUT2D eigenvalue weighted by Crippen LogP contribution is 2.16. The van der Waals surface area contributed by atoms with E-state index in [1.807, 2.05) is 0 Å². The fourth-order valence-electron chi connectivity index (χ4n) is 0.927. The molecule has 0 saturated carbocycles. The van der Waals surface area contributed by atoms with Crippen LogP contribution in [-0.2, 0) is 0 Å². The second kappa shape index (κ2) is 5.45. The number of nitrogens with one attached hydrogen (secondary N) is 1. The molecule has 6 heteroatoms. The second-order valence-corrected chi connectivity index (χ2v) is 3.15. The van der Waals surface area contributed by atoms with Crippen molar-refractivity contribution in [1.82, 2.24) is 5.32 Å². The Morgan fingerprint density at radius 3 is 2.80 bits per heavy atom. The van der Waals surface area contributed by atoms with Gasteiger partial charge < -0.3 is 15.8 Å². The lowest BCUT2D eigenvalue weighted by Gasteiger charge is -2.07. The molecule has 3 N–H and O–H groups in total. The van der Waals surface area contributed by atoms with E-state index in [0.717, 1.165) is 12.1 Å². The summed E-state index contributed by atoms with van der Waals surface area (Å²) < 4.78 is 30.5. The number of ether oxygens (including phenoxy) is 1. The Balaban J connectivity index is 2.40. The molecule has 0 radical (unpaired) electrons. The van der Waals surface area contributed by atoms with Crippen molar-refractivity contribution < 1.29 is 13.5 Å². The van der Waals surface area contributed by atoms with Crippen molar-refractivity contribution in [2.24, 2.45) is 5.73 Å². The van der Waals surface area contributed by atoms with Gasteiger partial charge in [0.05, 0.1) is 6.54 Å². The molecule has 0 bridgehead atoms. The summed E-state index contributed by atoms with van der Waals surface area (Å²) in [6.07, 6.45) is 0. The van der Waals surface area contributed by atoms with E-state index in [1.165, 1.54) is 6.07 Å². The topological polar surface area (TPSA) is 47.3 Å². The molecule has 0 amide bonds. The van der Waals surface area contributed by atoms with Crippen LogP contribution in [0, 0.1) is 11.6 Å². The molecule has 1 aromatic rings. The van der Waals surface area contributed by atoms with E-state index in [1.54, 1.807) is 0 Å². The van der Waals surface area contributed by atoms with Crippen LogP contribution in [0.2, 0.25) is 0 Å². The zero-order chi connectivity index (χ0) is 11.3. The maximum absolute atomic E-state index is 13.0. The van der Waals surface area contributed by atoms with Crippen LogP contribution in [0.15, 0.2) is 18.2 Å². The Bertz CT molecular complexity index is 360. The van der Waals surface area contributed by atoms with Crippen molar-refractivity contribution in [2.45, 2.75) is 0 Å². The number of halogens is 2. The summed E-state index contributed by atoms with van der Waals surface area (Å²) in [5.41, 5.74) is 5.16. The van der Waals surface area contributed by atoms with Crippen molar-refractivity contribution >= 4 is 17.3 Å². The summed E-state index contributed by atoms with van der Waals surface area (Å²) in [4.78, 5) is 0. The minimum absolute atomic E-state index is 0.00106. The van der Waals surface area contributed by atoms with Gasteiger partial charge in [-0.05, 0) is 24.4 Å². The van der Waals surface area contributed by atoms with Gasteiger partial charge >= 0.3 is 0 Å². The van der Waals surface area contributed by atoms with E-state index in [9.17, 15) is 8.78 Å². The Kier molecular flexibility index (Phi) is 4.23. The lowest BCUT2D eigenvalue weighted by atomic mass is 10.3. The van der Waals surface area contributed by atoms with Crippen LogP contribution >= 0.6 is 12.2 Å². The average molecular weight is 232 g/mol. The molecule has 0 saturated heterocycles. The SMILES string of the molecule is NC(=S)NCCOc1ccc(F)cc1F. The van der Waals surface area contributed by atoms with Gasteiger partial charge in [-0.15, -0.1) is 0 Å². The van der Waals surface area contributed by atoms with Gasteiger partial charge in [0.25, 0.3) is 0 Å². The fraction of sp³-hybridized carbons (Fsp3) is 0.222. The van der Waals surface area contributed by atoms with Crippen molar-refractivity contribution in [1.29, 1.82) is 0 Å². The molecule has 0 spiro atoms. The van der Waals surface area contributed by atoms with Crippen molar-refractivity contribution in [3.63, 3.8) is 0 Å². The van der Waals surface area contributed by atoms with Gasteiger partial charge in [-0.25, -0.2) is 8.78 Å². The molecule has 82 valence electrons. The molecule has 1 aromatic carbocycles. The van der Waals surface area contributed by atoms with Gasteiger partial charge in [0.1, 0.15) is 12.4 Å². The number of nitrogens with two attached hydrogens (primary N) is 1. The molecule has 1 rings (SSSR count). The highest BCUT2D eigenvalue weighted by Gasteiger charge is 2.03. The minimum atomic E-state index is -0.731. The third-order valence-electron chi connectivity index (χ3n) is 1.55. The van der Waals surface area contributed by atoms with Crippen LogP contribution in [0.5, 0.6) is 5.75 Å². The third-order valence-corrected chi connectivity index (χ3v) is 1.70. The number of hydrogen-bond donors (Lipinski definition) is 2. The zero-order valence-corrected chi connectivity index (χ0v) is 8.61. The summed E-state index contributed by atoms with van der Waals surface area (Å²) in [5, 5.41) is 2.79. The number of benzene rings is 1. The Morgan fingerprint density at radius 2 is 2.20 bits per heavy atom. The lowest BCUT2D eigenvalue weighted by Crippen LogP contribution is -2.32. The first-order valence-electron chi connectivity index (χ1n) is 4.21. The summed E-state index contributed by atoms with van der Waals surface area (Å²) in [5.74, 6) is -1.37. The number of hydrogen-bond acceptors (Lipinski definition) is 2. The normalized spacial score (nSPS) is 9.73. The van der Waals surface area contributed by atoms with Crippen LogP contribution in [0.4, 0.5) is 8.78 Å². The first-order chi connectivity index (χ1) is 7.09. The van der Waals surface area contributed by atoms with E-state index in [0.29, 0.717) is 6.54 Å². The molecule has 3 nitrogen and oxygen atoms in total. The fourth-order valence-corrected chi connectivity index (χ4v) is 1.03.